The third-order valence-corrected chi connectivity index (χ3v) is 7.01. The number of carbonyl (C=O) groups is 3. The van der Waals surface area contributed by atoms with Crippen LogP contribution < -0.4 is 10.3 Å². The average Bonchev–Trinajstić information content (AvgIpc) is 3.02. The highest BCUT2D eigenvalue weighted by molar-refractivity contribution is 6.07. The number of hydrogen-bond acceptors (Lipinski definition) is 10. The van der Waals surface area contributed by atoms with Crippen LogP contribution in [-0.2, 0) is 38.4 Å². The molecule has 2 aromatic heterocycles. The molecule has 14 heteroatoms. The van der Waals surface area contributed by atoms with Gasteiger partial charge in [0.05, 0.1) is 17.6 Å². The summed E-state index contributed by atoms with van der Waals surface area (Å²) < 4.78 is 55.9. The van der Waals surface area contributed by atoms with E-state index in [-0.39, 0.29) is 30.5 Å². The van der Waals surface area contributed by atoms with E-state index in [0.29, 0.717) is 16.8 Å². The monoisotopic (exact) mass is 654 g/mol. The third kappa shape index (κ3) is 8.57. The van der Waals surface area contributed by atoms with Gasteiger partial charge in [-0.05, 0) is 76.6 Å². The number of ketones is 1. The van der Waals surface area contributed by atoms with Gasteiger partial charge in [0.25, 0.3) is 5.56 Å². The number of carbonyl (C=O) groups excluding carboxylic acids is 3. The van der Waals surface area contributed by atoms with Crippen LogP contribution in [0, 0.1) is 5.41 Å². The van der Waals surface area contributed by atoms with Crippen LogP contribution in [0.5, 0.6) is 5.75 Å². The van der Waals surface area contributed by atoms with E-state index in [4.69, 9.17) is 14.2 Å². The molecule has 2 heterocycles. The number of ether oxygens (including phenoxy) is 3. The lowest BCUT2D eigenvalue weighted by Gasteiger charge is -2.30. The number of nitrogens with zero attached hydrogens (tertiary/aromatic N) is 4. The molecule has 0 amide bonds. The van der Waals surface area contributed by atoms with Crippen LogP contribution in [0.3, 0.4) is 0 Å². The number of aryl methyl sites for hydroxylation is 1. The quantitative estimate of drug-likeness (QED) is 0.105. The third-order valence-electron chi connectivity index (χ3n) is 7.01. The number of benzene rings is 2. The van der Waals surface area contributed by atoms with Crippen molar-refractivity contribution >= 4 is 28.6 Å². The van der Waals surface area contributed by atoms with E-state index in [9.17, 15) is 32.3 Å². The Labute approximate surface area is 267 Å². The van der Waals surface area contributed by atoms with Crippen LogP contribution in [-0.4, -0.2) is 49.9 Å². The van der Waals surface area contributed by atoms with E-state index in [2.05, 4.69) is 15.3 Å². The number of pyridine rings is 1. The number of fused-ring (bicyclic) bond motifs is 1. The Balaban J connectivity index is 1.58. The molecular weight excluding hydrogens is 621 g/mol. The molecule has 2 aromatic carbocycles. The number of rotatable bonds is 13. The van der Waals surface area contributed by atoms with Crippen molar-refractivity contribution in [3.63, 3.8) is 0 Å². The molecule has 0 aliphatic carbocycles. The second-order valence-corrected chi connectivity index (χ2v) is 11.3. The summed E-state index contributed by atoms with van der Waals surface area (Å²) in [6.45, 7) is 6.04. The molecule has 4 aromatic rings. The lowest BCUT2D eigenvalue weighted by atomic mass is 9.78. The van der Waals surface area contributed by atoms with E-state index in [1.165, 1.54) is 30.3 Å². The highest BCUT2D eigenvalue weighted by atomic mass is 19.4. The summed E-state index contributed by atoms with van der Waals surface area (Å²) in [5, 5.41) is 8.28. The van der Waals surface area contributed by atoms with E-state index >= 15 is 0 Å². The number of Topliss-reactive ketones (excluding diaryl/α,β-unsaturated/α-hetero) is 1. The SMILES string of the molecule is CC(C)OC(=O)C(CCn1nnc2ccccc2c1=O)(CC(=O)c1ccc(OCc2ccc(C(F)(F)F)nc2)cc1)C(=O)OC(C)C. The fraction of sp³-hybridized carbons (Fsp3) is 0.364. The van der Waals surface area contributed by atoms with Gasteiger partial charge >= 0.3 is 18.1 Å². The van der Waals surface area contributed by atoms with E-state index in [0.717, 1.165) is 16.9 Å². The summed E-state index contributed by atoms with van der Waals surface area (Å²) in [6, 6.07) is 14.5. The van der Waals surface area contributed by atoms with Crippen LogP contribution in [0.1, 0.15) is 62.2 Å². The van der Waals surface area contributed by atoms with Crippen molar-refractivity contribution in [2.24, 2.45) is 5.41 Å². The predicted octanol–water partition coefficient (Wildman–Crippen LogP) is 5.34. The van der Waals surface area contributed by atoms with Crippen LogP contribution >= 0.6 is 0 Å². The molecule has 0 N–H and O–H groups in total. The average molecular weight is 655 g/mol. The lowest BCUT2D eigenvalue weighted by molar-refractivity contribution is -0.178. The first kappa shape index (κ1) is 34.7. The maximum atomic E-state index is 13.6. The van der Waals surface area contributed by atoms with Gasteiger partial charge in [0.1, 0.15) is 23.6 Å². The molecule has 0 bridgehead atoms. The van der Waals surface area contributed by atoms with Gasteiger partial charge < -0.3 is 14.2 Å². The van der Waals surface area contributed by atoms with Crippen molar-refractivity contribution in [2.75, 3.05) is 0 Å². The maximum absolute atomic E-state index is 13.6. The Morgan fingerprint density at radius 3 is 2.09 bits per heavy atom. The minimum atomic E-state index is -4.56. The van der Waals surface area contributed by atoms with Crippen molar-refractivity contribution in [3.8, 4) is 5.75 Å². The van der Waals surface area contributed by atoms with Crippen LogP contribution in [0.2, 0.25) is 0 Å². The number of aromatic nitrogens is 4. The molecule has 47 heavy (non-hydrogen) atoms. The smallest absolute Gasteiger partial charge is 0.433 e. The second-order valence-electron chi connectivity index (χ2n) is 11.3. The second kappa shape index (κ2) is 14.5. The van der Waals surface area contributed by atoms with Crippen LogP contribution in [0.25, 0.3) is 10.9 Å². The normalized spacial score (nSPS) is 11.9. The van der Waals surface area contributed by atoms with E-state index in [1.54, 1.807) is 52.0 Å². The highest BCUT2D eigenvalue weighted by Gasteiger charge is 2.51. The largest absolute Gasteiger partial charge is 0.489 e. The van der Waals surface area contributed by atoms with Gasteiger partial charge in [-0.15, -0.1) is 5.10 Å². The van der Waals surface area contributed by atoms with Crippen molar-refractivity contribution in [1.29, 1.82) is 0 Å². The zero-order valence-corrected chi connectivity index (χ0v) is 26.1. The first-order valence-electron chi connectivity index (χ1n) is 14.7. The van der Waals surface area contributed by atoms with Gasteiger partial charge in [0, 0.05) is 30.3 Å². The highest BCUT2D eigenvalue weighted by Crippen LogP contribution is 2.34. The Kier molecular flexibility index (Phi) is 10.7. The molecule has 0 fully saturated rings. The maximum Gasteiger partial charge on any atom is 0.433 e. The van der Waals surface area contributed by atoms with Crippen LogP contribution in [0.4, 0.5) is 13.2 Å². The summed E-state index contributed by atoms with van der Waals surface area (Å²) >= 11 is 0. The van der Waals surface area contributed by atoms with Crippen molar-refractivity contribution < 1.29 is 41.8 Å². The molecule has 0 unspecified atom stereocenters. The summed E-state index contributed by atoms with van der Waals surface area (Å²) in [4.78, 5) is 57.5. The first-order valence-corrected chi connectivity index (χ1v) is 14.7. The molecule has 4 rings (SSSR count). The summed E-state index contributed by atoms with van der Waals surface area (Å²) in [7, 11) is 0. The molecule has 0 aliphatic heterocycles. The fourth-order valence-electron chi connectivity index (χ4n) is 4.60. The Bertz CT molecular complexity index is 1770. The lowest BCUT2D eigenvalue weighted by Crippen LogP contribution is -2.46. The fourth-order valence-corrected chi connectivity index (χ4v) is 4.60. The minimum absolute atomic E-state index is 0.0827. The van der Waals surface area contributed by atoms with Crippen LogP contribution in [0.15, 0.2) is 71.7 Å². The van der Waals surface area contributed by atoms with Crippen molar-refractivity contribution in [2.45, 2.75) is 72.1 Å². The van der Waals surface area contributed by atoms with Crippen molar-refractivity contribution in [3.05, 3.63) is 94.0 Å². The minimum Gasteiger partial charge on any atom is -0.489 e. The Hall–Kier alpha value is -5.14. The number of halogens is 3. The van der Waals surface area contributed by atoms with E-state index in [1.807, 2.05) is 0 Å². The molecule has 0 radical (unpaired) electrons. The molecule has 0 atom stereocenters. The summed E-state index contributed by atoms with van der Waals surface area (Å²) in [5.41, 5.74) is -2.75. The van der Waals surface area contributed by atoms with Gasteiger partial charge in [0.2, 0.25) is 0 Å². The molecule has 0 aliphatic rings. The first-order chi connectivity index (χ1) is 22.2. The molecule has 0 saturated heterocycles. The van der Waals surface area contributed by atoms with E-state index < -0.39 is 59.2 Å². The Morgan fingerprint density at radius 2 is 1.51 bits per heavy atom. The summed E-state index contributed by atoms with van der Waals surface area (Å²) in [6.07, 6.45) is -5.77. The zero-order chi connectivity index (χ0) is 34.4. The predicted molar refractivity (Wildman–Crippen MR) is 162 cm³/mol. The number of esters is 2. The molecule has 0 spiro atoms. The summed E-state index contributed by atoms with van der Waals surface area (Å²) in [5.74, 6) is -2.26. The number of alkyl halides is 3. The standard InChI is InChI=1S/C33H33F3N4O7/c1-20(2)46-30(43)32(31(44)47-21(3)4,15-16-40-29(42)25-7-5-6-8-26(25)38-39-40)17-27(41)23-10-12-24(13-11-23)45-19-22-9-14-28(37-18-22)33(34,35)36/h5-14,18,20-21H,15-17,19H2,1-4H3. The Morgan fingerprint density at radius 1 is 0.872 bits per heavy atom. The van der Waals surface area contributed by atoms with Gasteiger partial charge in [0.15, 0.2) is 11.2 Å². The van der Waals surface area contributed by atoms with Crippen molar-refractivity contribution in [1.82, 2.24) is 20.0 Å². The topological polar surface area (TPSA) is 140 Å². The zero-order valence-electron chi connectivity index (χ0n) is 26.1. The van der Waals surface area contributed by atoms with Gasteiger partial charge in [-0.1, -0.05) is 23.4 Å². The van der Waals surface area contributed by atoms with Gasteiger partial charge in [-0.2, -0.15) is 13.2 Å². The molecule has 248 valence electrons. The van der Waals surface area contributed by atoms with Gasteiger partial charge in [-0.3, -0.25) is 24.2 Å². The van der Waals surface area contributed by atoms with Gasteiger partial charge in [-0.25, -0.2) is 4.68 Å². The molecule has 0 saturated carbocycles. The molecule has 11 nitrogen and oxygen atoms in total. The number of hydrogen-bond donors (Lipinski definition) is 0. The molecular formula is C33H33F3N4O7.